The van der Waals surface area contributed by atoms with E-state index in [9.17, 15) is 14.8 Å². The molecule has 2 aromatic carbocycles. The van der Waals surface area contributed by atoms with Crippen LogP contribution < -0.4 is 20.7 Å². The maximum atomic E-state index is 12.8. The van der Waals surface area contributed by atoms with E-state index in [2.05, 4.69) is 27.8 Å². The molecule has 0 aliphatic heterocycles. The van der Waals surface area contributed by atoms with E-state index in [1.54, 1.807) is 73.7 Å². The summed E-state index contributed by atoms with van der Waals surface area (Å²) in [7, 11) is 0. The third-order valence-electron chi connectivity index (χ3n) is 4.48. The summed E-state index contributed by atoms with van der Waals surface area (Å²) in [6, 6.07) is 17.2. The van der Waals surface area contributed by atoms with Crippen LogP contribution in [-0.2, 0) is 4.79 Å². The minimum atomic E-state index is -0.868. The fourth-order valence-corrected chi connectivity index (χ4v) is 3.00. The lowest BCUT2D eigenvalue weighted by Gasteiger charge is -2.17. The number of halogens is 1. The summed E-state index contributed by atoms with van der Waals surface area (Å²) in [5.41, 5.74) is 2.29. The Kier molecular flexibility index (Phi) is 7.68. The smallest absolute Gasteiger partial charge is 0.319 e. The van der Waals surface area contributed by atoms with Gasteiger partial charge in [-0.3, -0.25) is 4.79 Å². The van der Waals surface area contributed by atoms with Gasteiger partial charge in [-0.1, -0.05) is 11.6 Å². The first kappa shape index (κ1) is 22.7. The SMILES string of the molecule is CC#CCC(NC(=O)Nc1ccc(Cl)cc1)C(=O)Nc1ccc(-c2cccc[n+]2[O-])cc1. The molecule has 0 spiro atoms. The van der Waals surface area contributed by atoms with Crippen LogP contribution in [0.2, 0.25) is 5.02 Å². The van der Waals surface area contributed by atoms with Gasteiger partial charge in [0, 0.05) is 40.5 Å². The van der Waals surface area contributed by atoms with Crippen molar-refractivity contribution in [1.82, 2.24) is 5.32 Å². The summed E-state index contributed by atoms with van der Waals surface area (Å²) in [5.74, 6) is 5.14. The number of carbonyl (C=O) groups is 2. The topological polar surface area (TPSA) is 97.2 Å². The highest BCUT2D eigenvalue weighted by Crippen LogP contribution is 2.18. The first-order valence-corrected chi connectivity index (χ1v) is 10.2. The van der Waals surface area contributed by atoms with Crippen LogP contribution in [0.3, 0.4) is 0 Å². The van der Waals surface area contributed by atoms with Crippen LogP contribution in [-0.4, -0.2) is 18.0 Å². The van der Waals surface area contributed by atoms with Crippen molar-refractivity contribution in [2.45, 2.75) is 19.4 Å². The van der Waals surface area contributed by atoms with Crippen LogP contribution in [0.5, 0.6) is 0 Å². The zero-order chi connectivity index (χ0) is 22.9. The van der Waals surface area contributed by atoms with E-state index in [1.165, 1.54) is 6.20 Å². The lowest BCUT2D eigenvalue weighted by atomic mass is 10.1. The number of rotatable bonds is 6. The lowest BCUT2D eigenvalue weighted by molar-refractivity contribution is -0.593. The summed E-state index contributed by atoms with van der Waals surface area (Å²) in [5, 5.41) is 20.5. The van der Waals surface area contributed by atoms with E-state index in [0.29, 0.717) is 27.7 Å². The van der Waals surface area contributed by atoms with Gasteiger partial charge in [0.1, 0.15) is 6.04 Å². The molecule has 0 fully saturated rings. The number of amides is 3. The molecular weight excluding hydrogens is 428 g/mol. The highest BCUT2D eigenvalue weighted by Gasteiger charge is 2.20. The summed E-state index contributed by atoms with van der Waals surface area (Å²) in [4.78, 5) is 25.1. The van der Waals surface area contributed by atoms with Gasteiger partial charge >= 0.3 is 6.03 Å². The molecule has 3 amide bonds. The van der Waals surface area contributed by atoms with E-state index in [-0.39, 0.29) is 6.42 Å². The predicted octanol–water partition coefficient (Wildman–Crippen LogP) is 4.18. The number of pyridine rings is 1. The first-order valence-electron chi connectivity index (χ1n) is 9.78. The fraction of sp³-hybridized carbons (Fsp3) is 0.125. The molecule has 3 N–H and O–H groups in total. The molecular formula is C24H21ClN4O3. The summed E-state index contributed by atoms with van der Waals surface area (Å²) < 4.78 is 0.774. The maximum absolute atomic E-state index is 12.8. The van der Waals surface area contributed by atoms with Gasteiger partial charge in [-0.2, -0.15) is 4.73 Å². The van der Waals surface area contributed by atoms with Crippen molar-refractivity contribution in [2.24, 2.45) is 0 Å². The van der Waals surface area contributed by atoms with Crippen molar-refractivity contribution in [1.29, 1.82) is 0 Å². The molecule has 32 heavy (non-hydrogen) atoms. The summed E-state index contributed by atoms with van der Waals surface area (Å²) in [6.45, 7) is 1.66. The summed E-state index contributed by atoms with van der Waals surface area (Å²) in [6.07, 6.45) is 1.57. The molecule has 3 aromatic rings. The van der Waals surface area contributed by atoms with Crippen molar-refractivity contribution in [3.8, 4) is 23.1 Å². The van der Waals surface area contributed by atoms with Gasteiger partial charge in [0.05, 0.1) is 0 Å². The number of hydrogen-bond donors (Lipinski definition) is 3. The standard InChI is InChI=1S/C24H21ClN4O3/c1-2-3-6-21(28-24(31)27-20-14-10-18(25)11-15-20)23(30)26-19-12-8-17(9-13-19)22-7-4-5-16-29(22)32/h4-5,7-16,21H,6H2,1H3,(H,26,30)(H2,27,28,31). The van der Waals surface area contributed by atoms with E-state index in [1.807, 2.05) is 0 Å². The van der Waals surface area contributed by atoms with E-state index >= 15 is 0 Å². The monoisotopic (exact) mass is 448 g/mol. The van der Waals surface area contributed by atoms with Crippen molar-refractivity contribution >= 4 is 34.9 Å². The Morgan fingerprint density at radius 2 is 1.66 bits per heavy atom. The minimum absolute atomic E-state index is 0.147. The molecule has 8 heteroatoms. The van der Waals surface area contributed by atoms with Crippen LogP contribution in [0.25, 0.3) is 11.3 Å². The van der Waals surface area contributed by atoms with E-state index in [4.69, 9.17) is 11.6 Å². The normalized spacial score (nSPS) is 10.9. The van der Waals surface area contributed by atoms with Crippen molar-refractivity contribution in [2.75, 3.05) is 10.6 Å². The zero-order valence-electron chi connectivity index (χ0n) is 17.3. The average molecular weight is 449 g/mol. The molecule has 1 atom stereocenters. The van der Waals surface area contributed by atoms with Gasteiger partial charge < -0.3 is 21.2 Å². The van der Waals surface area contributed by atoms with Gasteiger partial charge in [-0.25, -0.2) is 4.79 Å². The number of nitrogens with one attached hydrogen (secondary N) is 3. The molecule has 0 saturated carbocycles. The lowest BCUT2D eigenvalue weighted by Crippen LogP contribution is -2.45. The van der Waals surface area contributed by atoms with Gasteiger partial charge in [0.2, 0.25) is 11.6 Å². The van der Waals surface area contributed by atoms with Crippen LogP contribution in [0.1, 0.15) is 13.3 Å². The molecule has 1 heterocycles. The highest BCUT2D eigenvalue weighted by atomic mass is 35.5. The molecule has 3 rings (SSSR count). The average Bonchev–Trinajstić information content (AvgIpc) is 2.79. The van der Waals surface area contributed by atoms with Crippen molar-refractivity contribution < 1.29 is 14.3 Å². The van der Waals surface area contributed by atoms with Crippen LogP contribution in [0.4, 0.5) is 16.2 Å². The molecule has 1 aromatic heterocycles. The second-order valence-corrected chi connectivity index (χ2v) is 7.20. The molecule has 0 radical (unpaired) electrons. The number of nitrogens with zero attached hydrogens (tertiary/aromatic N) is 1. The molecule has 0 saturated heterocycles. The fourth-order valence-electron chi connectivity index (χ4n) is 2.88. The van der Waals surface area contributed by atoms with Gasteiger partial charge in [0.15, 0.2) is 6.20 Å². The summed E-state index contributed by atoms with van der Waals surface area (Å²) >= 11 is 5.85. The largest absolute Gasteiger partial charge is 0.618 e. The number of aromatic nitrogens is 1. The van der Waals surface area contributed by atoms with E-state index < -0.39 is 18.0 Å². The zero-order valence-corrected chi connectivity index (χ0v) is 18.0. The Morgan fingerprint density at radius 3 is 2.31 bits per heavy atom. The van der Waals surface area contributed by atoms with Crippen molar-refractivity contribution in [3.63, 3.8) is 0 Å². The first-order chi connectivity index (χ1) is 15.5. The molecule has 0 bridgehead atoms. The third kappa shape index (κ3) is 6.24. The number of anilines is 2. The van der Waals surface area contributed by atoms with Crippen LogP contribution in [0.15, 0.2) is 72.9 Å². The van der Waals surface area contributed by atoms with Crippen LogP contribution in [0, 0.1) is 17.0 Å². The predicted molar refractivity (Wildman–Crippen MR) is 125 cm³/mol. The Bertz CT molecular complexity index is 1150. The Morgan fingerprint density at radius 1 is 1.00 bits per heavy atom. The second-order valence-electron chi connectivity index (χ2n) is 6.77. The minimum Gasteiger partial charge on any atom is -0.618 e. The Hall–Kier alpha value is -4.02. The Balaban J connectivity index is 1.66. The Labute approximate surface area is 191 Å². The highest BCUT2D eigenvalue weighted by molar-refractivity contribution is 6.30. The number of urea groups is 1. The van der Waals surface area contributed by atoms with E-state index in [0.717, 1.165) is 4.73 Å². The van der Waals surface area contributed by atoms with Gasteiger partial charge in [-0.15, -0.1) is 11.8 Å². The number of carbonyl (C=O) groups excluding carboxylic acids is 2. The van der Waals surface area contributed by atoms with Gasteiger partial charge in [0.25, 0.3) is 0 Å². The van der Waals surface area contributed by atoms with Crippen molar-refractivity contribution in [3.05, 3.63) is 83.2 Å². The third-order valence-corrected chi connectivity index (χ3v) is 4.73. The number of benzene rings is 2. The van der Waals surface area contributed by atoms with Crippen LogP contribution >= 0.6 is 11.6 Å². The van der Waals surface area contributed by atoms with Gasteiger partial charge in [-0.05, 0) is 61.5 Å². The second kappa shape index (κ2) is 10.8. The molecule has 1 unspecified atom stereocenters. The maximum Gasteiger partial charge on any atom is 0.319 e. The number of hydrogen-bond acceptors (Lipinski definition) is 3. The molecule has 7 nitrogen and oxygen atoms in total. The molecule has 162 valence electrons. The molecule has 0 aliphatic carbocycles. The molecule has 0 aliphatic rings. The quantitative estimate of drug-likeness (QED) is 0.300.